The van der Waals surface area contributed by atoms with Gasteiger partial charge in [0, 0.05) is 24.6 Å². The fourth-order valence-corrected chi connectivity index (χ4v) is 5.15. The highest BCUT2D eigenvalue weighted by molar-refractivity contribution is 7.80. The lowest BCUT2D eigenvalue weighted by molar-refractivity contribution is -0.119. The highest BCUT2D eigenvalue weighted by Gasteiger charge is 2.42. The summed E-state index contributed by atoms with van der Waals surface area (Å²) >= 11 is 12.3. The predicted molar refractivity (Wildman–Crippen MR) is 155 cm³/mol. The van der Waals surface area contributed by atoms with Gasteiger partial charge in [0.1, 0.15) is 24.2 Å². The van der Waals surface area contributed by atoms with Gasteiger partial charge in [-0.2, -0.15) is 0 Å². The Morgan fingerprint density at radius 1 is 1.10 bits per heavy atom. The topological polar surface area (TPSA) is 106 Å². The van der Waals surface area contributed by atoms with Gasteiger partial charge < -0.3 is 29.4 Å². The minimum atomic E-state index is -0.431. The van der Waals surface area contributed by atoms with Crippen molar-refractivity contribution in [2.24, 2.45) is 0 Å². The first-order valence-electron chi connectivity index (χ1n) is 12.3. The highest BCUT2D eigenvalue weighted by Crippen LogP contribution is 2.44. The minimum Gasteiger partial charge on any atom is -0.465 e. The number of pyridine rings is 1. The molecular weight excluding hydrogens is 552 g/mol. The molecule has 4 aromatic rings. The molecule has 0 spiro atoms. The Hall–Kier alpha value is -4.25. The second-order valence-corrected chi connectivity index (χ2v) is 9.71. The van der Waals surface area contributed by atoms with Crippen molar-refractivity contribution in [3.63, 3.8) is 0 Å². The smallest absolute Gasteiger partial charge is 0.337 e. The van der Waals surface area contributed by atoms with E-state index in [1.165, 1.54) is 14.2 Å². The first kappa shape index (κ1) is 27.3. The standard InChI is InChI=1S/C29H25ClN4O5S/c1-37-16-25(35)32-21-10-9-19(15-20(21)30)34-27(26(33-29(34)40)22-8-3-4-13-31-22)24-12-11-23(39-24)17-6-5-7-18(14-17)28(36)38-2/h3-15,26-27H,16H2,1-2H3,(H,32,35)(H,33,40)/t26-,27-/m0/s1. The molecule has 1 aliphatic heterocycles. The monoisotopic (exact) mass is 576 g/mol. The summed E-state index contributed by atoms with van der Waals surface area (Å²) < 4.78 is 16.1. The van der Waals surface area contributed by atoms with E-state index in [9.17, 15) is 9.59 Å². The summed E-state index contributed by atoms with van der Waals surface area (Å²) in [5, 5.41) is 6.90. The van der Waals surface area contributed by atoms with Crippen molar-refractivity contribution >= 4 is 52.2 Å². The van der Waals surface area contributed by atoms with Gasteiger partial charge in [0.15, 0.2) is 5.11 Å². The fraction of sp³-hybridized carbons (Fsp3) is 0.172. The van der Waals surface area contributed by atoms with Crippen molar-refractivity contribution in [1.82, 2.24) is 10.3 Å². The number of halogens is 1. The van der Waals surface area contributed by atoms with E-state index in [4.69, 9.17) is 37.7 Å². The third-order valence-corrected chi connectivity index (χ3v) is 6.99. The molecule has 1 amide bonds. The number of ether oxygens (including phenoxy) is 2. The molecule has 1 fully saturated rings. The van der Waals surface area contributed by atoms with Gasteiger partial charge in [-0.25, -0.2) is 4.79 Å². The third-order valence-electron chi connectivity index (χ3n) is 6.36. The summed E-state index contributed by atoms with van der Waals surface area (Å²) in [4.78, 5) is 30.5. The van der Waals surface area contributed by atoms with Crippen LogP contribution in [0, 0.1) is 0 Å². The number of hydrogen-bond acceptors (Lipinski definition) is 7. The van der Waals surface area contributed by atoms with Gasteiger partial charge in [0.2, 0.25) is 5.91 Å². The summed E-state index contributed by atoms with van der Waals surface area (Å²) in [6.07, 6.45) is 1.72. The Kier molecular flexibility index (Phi) is 8.11. The van der Waals surface area contributed by atoms with Gasteiger partial charge in [-0.1, -0.05) is 29.8 Å². The molecule has 1 saturated heterocycles. The number of benzene rings is 2. The van der Waals surface area contributed by atoms with Gasteiger partial charge in [-0.15, -0.1) is 0 Å². The second kappa shape index (κ2) is 11.9. The molecule has 11 heteroatoms. The van der Waals surface area contributed by atoms with Crippen molar-refractivity contribution in [3.8, 4) is 11.3 Å². The van der Waals surface area contributed by atoms with Crippen LogP contribution in [0.2, 0.25) is 5.02 Å². The van der Waals surface area contributed by atoms with Crippen LogP contribution in [0.25, 0.3) is 11.3 Å². The third kappa shape index (κ3) is 5.55. The average Bonchev–Trinajstić information content (AvgIpc) is 3.59. The van der Waals surface area contributed by atoms with E-state index in [0.717, 1.165) is 11.3 Å². The van der Waals surface area contributed by atoms with Crippen molar-refractivity contribution in [2.75, 3.05) is 31.0 Å². The van der Waals surface area contributed by atoms with E-state index < -0.39 is 12.0 Å². The van der Waals surface area contributed by atoms with Crippen LogP contribution in [0.3, 0.4) is 0 Å². The highest BCUT2D eigenvalue weighted by atomic mass is 35.5. The molecule has 0 aliphatic carbocycles. The minimum absolute atomic E-state index is 0.0879. The Morgan fingerprint density at radius 3 is 2.67 bits per heavy atom. The molecule has 2 aromatic heterocycles. The Morgan fingerprint density at radius 2 is 1.95 bits per heavy atom. The molecule has 40 heavy (non-hydrogen) atoms. The van der Waals surface area contributed by atoms with Crippen LogP contribution in [0.5, 0.6) is 0 Å². The van der Waals surface area contributed by atoms with Crippen LogP contribution in [0.1, 0.15) is 33.9 Å². The number of methoxy groups -OCH3 is 2. The molecule has 2 aromatic carbocycles. The van der Waals surface area contributed by atoms with Crippen molar-refractivity contribution in [2.45, 2.75) is 12.1 Å². The quantitative estimate of drug-likeness (QED) is 0.206. The van der Waals surface area contributed by atoms with E-state index in [1.54, 1.807) is 36.5 Å². The van der Waals surface area contributed by atoms with Crippen LogP contribution < -0.4 is 15.5 Å². The molecule has 0 saturated carbocycles. The van der Waals surface area contributed by atoms with Crippen LogP contribution in [-0.2, 0) is 14.3 Å². The van der Waals surface area contributed by atoms with Gasteiger partial charge in [0.25, 0.3) is 0 Å². The number of hydrogen-bond donors (Lipinski definition) is 2. The molecule has 0 radical (unpaired) electrons. The number of aromatic nitrogens is 1. The zero-order chi connectivity index (χ0) is 28.2. The Balaban J connectivity index is 1.53. The molecule has 2 N–H and O–H groups in total. The van der Waals surface area contributed by atoms with E-state index >= 15 is 0 Å². The van der Waals surface area contributed by atoms with Gasteiger partial charge >= 0.3 is 5.97 Å². The van der Waals surface area contributed by atoms with Crippen LogP contribution in [0.4, 0.5) is 11.4 Å². The number of furan rings is 1. The van der Waals surface area contributed by atoms with Gasteiger partial charge in [-0.3, -0.25) is 9.78 Å². The molecule has 2 atom stereocenters. The number of anilines is 2. The molecule has 9 nitrogen and oxygen atoms in total. The van der Waals surface area contributed by atoms with Crippen LogP contribution >= 0.6 is 23.8 Å². The number of carbonyl (C=O) groups excluding carboxylic acids is 2. The summed E-state index contributed by atoms with van der Waals surface area (Å²) in [5.74, 6) is 0.449. The summed E-state index contributed by atoms with van der Waals surface area (Å²) in [6.45, 7) is -0.0879. The summed E-state index contributed by atoms with van der Waals surface area (Å²) in [7, 11) is 2.79. The van der Waals surface area contributed by atoms with Crippen molar-refractivity contribution in [1.29, 1.82) is 0 Å². The number of rotatable bonds is 8. The van der Waals surface area contributed by atoms with Gasteiger partial charge in [0.05, 0.1) is 35.1 Å². The number of amides is 1. The van der Waals surface area contributed by atoms with Crippen LogP contribution in [0.15, 0.2) is 83.4 Å². The Bertz CT molecular complexity index is 1560. The maximum Gasteiger partial charge on any atom is 0.337 e. The predicted octanol–water partition coefficient (Wildman–Crippen LogP) is 5.54. The molecular formula is C29H25ClN4O5S. The summed E-state index contributed by atoms with van der Waals surface area (Å²) in [5.41, 5.74) is 3.07. The first-order chi connectivity index (χ1) is 19.4. The number of nitrogens with one attached hydrogen (secondary N) is 2. The number of esters is 1. The first-order valence-corrected chi connectivity index (χ1v) is 13.1. The lowest BCUT2D eigenvalue weighted by Crippen LogP contribution is -2.29. The van der Waals surface area contributed by atoms with Crippen molar-refractivity contribution in [3.05, 3.63) is 101 Å². The largest absolute Gasteiger partial charge is 0.465 e. The zero-order valence-corrected chi connectivity index (χ0v) is 23.2. The molecule has 3 heterocycles. The number of thiocarbonyl (C=S) groups is 1. The van der Waals surface area contributed by atoms with E-state index in [0.29, 0.717) is 38.6 Å². The zero-order valence-electron chi connectivity index (χ0n) is 21.6. The average molecular weight is 577 g/mol. The maximum atomic E-state index is 12.1. The summed E-state index contributed by atoms with van der Waals surface area (Å²) in [6, 6.07) is 20.9. The van der Waals surface area contributed by atoms with E-state index in [2.05, 4.69) is 15.6 Å². The molecule has 0 unspecified atom stereocenters. The molecule has 204 valence electrons. The van der Waals surface area contributed by atoms with Crippen LogP contribution in [-0.4, -0.2) is 42.8 Å². The second-order valence-electron chi connectivity index (χ2n) is 8.92. The maximum absolute atomic E-state index is 12.1. The fourth-order valence-electron chi connectivity index (χ4n) is 4.58. The van der Waals surface area contributed by atoms with E-state index in [-0.39, 0.29) is 18.6 Å². The Labute approximate surface area is 241 Å². The van der Waals surface area contributed by atoms with Crippen molar-refractivity contribution < 1.29 is 23.5 Å². The molecule has 5 rings (SSSR count). The molecule has 1 aliphatic rings. The lowest BCUT2D eigenvalue weighted by atomic mass is 10.0. The number of nitrogens with zero attached hydrogens (tertiary/aromatic N) is 2. The SMILES string of the molecule is COCC(=O)Nc1ccc(N2C(=S)N[C@@H](c3ccccn3)[C@@H]2c2ccc(-c3cccc(C(=O)OC)c3)o2)cc1Cl. The van der Waals surface area contributed by atoms with E-state index in [1.807, 2.05) is 47.4 Å². The lowest BCUT2D eigenvalue weighted by Gasteiger charge is -2.26. The normalized spacial score (nSPS) is 16.5. The molecule has 0 bridgehead atoms. The number of carbonyl (C=O) groups is 2. The van der Waals surface area contributed by atoms with Gasteiger partial charge in [-0.05, 0) is 66.8 Å².